The Bertz CT molecular complexity index is 1210. The molecule has 1 amide bonds. The maximum absolute atomic E-state index is 12.9. The molecule has 4 aromatic rings. The summed E-state index contributed by atoms with van der Waals surface area (Å²) in [5.41, 5.74) is 3.62. The summed E-state index contributed by atoms with van der Waals surface area (Å²) in [5.74, 6) is -1.55. The number of nitrogens with zero attached hydrogens (tertiary/aromatic N) is 2. The smallest absolute Gasteiger partial charge is 0.337 e. The maximum Gasteiger partial charge on any atom is 0.337 e. The van der Waals surface area contributed by atoms with Crippen molar-refractivity contribution in [3.05, 3.63) is 95.2 Å². The summed E-state index contributed by atoms with van der Waals surface area (Å²) in [6.07, 6.45) is 0. The number of fused-ring (bicyclic) bond motifs is 1. The van der Waals surface area contributed by atoms with Crippen molar-refractivity contribution in [3.63, 3.8) is 0 Å². The molecule has 0 spiro atoms. The molecule has 6 heteroatoms. The van der Waals surface area contributed by atoms with Crippen LogP contribution in [0.15, 0.2) is 72.8 Å². The van der Waals surface area contributed by atoms with Gasteiger partial charge in [-0.25, -0.2) is 4.79 Å². The molecule has 144 valence electrons. The number of aryl methyl sites for hydroxylation is 1. The average Bonchev–Trinajstić information content (AvgIpc) is 3.09. The van der Waals surface area contributed by atoms with Gasteiger partial charge in [0.15, 0.2) is 5.69 Å². The van der Waals surface area contributed by atoms with Crippen molar-refractivity contribution in [2.75, 3.05) is 5.32 Å². The molecule has 0 aliphatic rings. The van der Waals surface area contributed by atoms with Gasteiger partial charge in [-0.1, -0.05) is 60.2 Å². The lowest BCUT2D eigenvalue weighted by atomic mass is 10.1. The largest absolute Gasteiger partial charge is 0.478 e. The van der Waals surface area contributed by atoms with E-state index < -0.39 is 11.9 Å². The van der Waals surface area contributed by atoms with Gasteiger partial charge in [-0.05, 0) is 30.7 Å². The second kappa shape index (κ2) is 7.59. The highest BCUT2D eigenvalue weighted by Gasteiger charge is 2.19. The van der Waals surface area contributed by atoms with E-state index in [9.17, 15) is 14.7 Å². The Morgan fingerprint density at radius 1 is 0.966 bits per heavy atom. The molecule has 2 N–H and O–H groups in total. The number of anilines is 1. The van der Waals surface area contributed by atoms with E-state index in [0.29, 0.717) is 11.9 Å². The predicted molar refractivity (Wildman–Crippen MR) is 111 cm³/mol. The number of amides is 1. The second-order valence-electron chi connectivity index (χ2n) is 6.81. The fourth-order valence-corrected chi connectivity index (χ4v) is 3.24. The predicted octanol–water partition coefficient (Wildman–Crippen LogP) is 4.34. The molecular weight excluding hydrogens is 366 g/mol. The Morgan fingerprint density at radius 2 is 1.66 bits per heavy atom. The minimum atomic E-state index is -1.10. The zero-order valence-corrected chi connectivity index (χ0v) is 15.8. The van der Waals surface area contributed by atoms with E-state index in [2.05, 4.69) is 10.4 Å². The van der Waals surface area contributed by atoms with Crippen LogP contribution in [0, 0.1) is 6.92 Å². The lowest BCUT2D eigenvalue weighted by molar-refractivity contribution is 0.0698. The molecule has 0 aliphatic carbocycles. The third kappa shape index (κ3) is 3.73. The van der Waals surface area contributed by atoms with Gasteiger partial charge in [-0.2, -0.15) is 5.10 Å². The molecule has 6 nitrogen and oxygen atoms in total. The maximum atomic E-state index is 12.9. The first-order valence-corrected chi connectivity index (χ1v) is 9.17. The van der Waals surface area contributed by atoms with Crippen molar-refractivity contribution in [1.29, 1.82) is 0 Å². The van der Waals surface area contributed by atoms with Crippen molar-refractivity contribution in [2.45, 2.75) is 13.5 Å². The molecule has 29 heavy (non-hydrogen) atoms. The molecule has 0 saturated heterocycles. The summed E-state index contributed by atoms with van der Waals surface area (Å²) in [6, 6.07) is 22.0. The first-order chi connectivity index (χ1) is 14.0. The van der Waals surface area contributed by atoms with Crippen molar-refractivity contribution >= 4 is 28.5 Å². The zero-order chi connectivity index (χ0) is 20.4. The highest BCUT2D eigenvalue weighted by Crippen LogP contribution is 2.22. The van der Waals surface area contributed by atoms with Crippen LogP contribution in [0.25, 0.3) is 10.9 Å². The standard InChI is InChI=1S/C23H19N3O3/c1-15-10-12-16(13-11-15)14-26-20-9-5-3-7-18(20)21(25-26)22(27)24-19-8-4-2-6-17(19)23(28)29/h2-13H,14H2,1H3,(H,24,27)(H,28,29). The van der Waals surface area contributed by atoms with E-state index in [1.54, 1.807) is 22.9 Å². The monoisotopic (exact) mass is 385 g/mol. The molecule has 4 rings (SSSR count). The minimum absolute atomic E-state index is 0.0317. The summed E-state index contributed by atoms with van der Waals surface area (Å²) < 4.78 is 1.79. The summed E-state index contributed by atoms with van der Waals surface area (Å²) in [5, 5.41) is 17.3. The van der Waals surface area contributed by atoms with Crippen LogP contribution in [0.1, 0.15) is 32.0 Å². The SMILES string of the molecule is Cc1ccc(Cn2nc(C(=O)Nc3ccccc3C(=O)O)c3ccccc32)cc1. The quantitative estimate of drug-likeness (QED) is 0.535. The topological polar surface area (TPSA) is 84.2 Å². The number of carbonyl (C=O) groups is 2. The molecule has 0 aliphatic heterocycles. The number of para-hydroxylation sites is 2. The second-order valence-corrected chi connectivity index (χ2v) is 6.81. The fraction of sp³-hybridized carbons (Fsp3) is 0.0870. The van der Waals surface area contributed by atoms with Crippen molar-refractivity contribution < 1.29 is 14.7 Å². The number of benzene rings is 3. The number of hydrogen-bond acceptors (Lipinski definition) is 3. The van der Waals surface area contributed by atoms with Crippen LogP contribution in [-0.4, -0.2) is 26.8 Å². The molecule has 0 atom stereocenters. The lowest BCUT2D eigenvalue weighted by Crippen LogP contribution is -2.16. The van der Waals surface area contributed by atoms with E-state index in [1.807, 2.05) is 55.5 Å². The molecule has 3 aromatic carbocycles. The van der Waals surface area contributed by atoms with Crippen LogP contribution < -0.4 is 5.32 Å². The Hall–Kier alpha value is -3.93. The number of aromatic nitrogens is 2. The van der Waals surface area contributed by atoms with E-state index in [4.69, 9.17) is 0 Å². The number of aromatic carboxylic acids is 1. The van der Waals surface area contributed by atoms with Crippen LogP contribution in [0.5, 0.6) is 0 Å². The first-order valence-electron chi connectivity index (χ1n) is 9.17. The Balaban J connectivity index is 1.70. The zero-order valence-electron chi connectivity index (χ0n) is 15.8. The Labute approximate surface area is 167 Å². The lowest BCUT2D eigenvalue weighted by Gasteiger charge is -2.07. The van der Waals surface area contributed by atoms with E-state index in [0.717, 1.165) is 11.1 Å². The average molecular weight is 385 g/mol. The van der Waals surface area contributed by atoms with Gasteiger partial charge in [-0.3, -0.25) is 9.48 Å². The molecular formula is C23H19N3O3. The Kier molecular flexibility index (Phi) is 4.83. The van der Waals surface area contributed by atoms with Gasteiger partial charge >= 0.3 is 5.97 Å². The highest BCUT2D eigenvalue weighted by atomic mass is 16.4. The third-order valence-electron chi connectivity index (χ3n) is 4.73. The molecule has 1 heterocycles. The molecule has 0 fully saturated rings. The van der Waals surface area contributed by atoms with Gasteiger partial charge in [0.25, 0.3) is 5.91 Å². The molecule has 0 bridgehead atoms. The molecule has 1 aromatic heterocycles. The number of nitrogens with one attached hydrogen (secondary N) is 1. The third-order valence-corrected chi connectivity index (χ3v) is 4.73. The molecule has 0 saturated carbocycles. The minimum Gasteiger partial charge on any atom is -0.478 e. The van der Waals surface area contributed by atoms with Crippen LogP contribution in [0.3, 0.4) is 0 Å². The van der Waals surface area contributed by atoms with Gasteiger partial charge in [0, 0.05) is 5.39 Å². The fourth-order valence-electron chi connectivity index (χ4n) is 3.24. The normalized spacial score (nSPS) is 10.8. The van der Waals surface area contributed by atoms with Crippen LogP contribution in [-0.2, 0) is 6.54 Å². The number of carboxylic acid groups (broad SMARTS) is 1. The summed E-state index contributed by atoms with van der Waals surface area (Å²) in [4.78, 5) is 24.3. The van der Waals surface area contributed by atoms with Gasteiger partial charge in [0.05, 0.1) is 23.3 Å². The van der Waals surface area contributed by atoms with Gasteiger partial charge in [0.1, 0.15) is 0 Å². The number of carbonyl (C=O) groups excluding carboxylic acids is 1. The van der Waals surface area contributed by atoms with E-state index >= 15 is 0 Å². The van der Waals surface area contributed by atoms with Gasteiger partial charge in [-0.15, -0.1) is 0 Å². The molecule has 0 radical (unpaired) electrons. The van der Waals surface area contributed by atoms with Crippen LogP contribution in [0.4, 0.5) is 5.69 Å². The van der Waals surface area contributed by atoms with Crippen molar-refractivity contribution in [2.24, 2.45) is 0 Å². The summed E-state index contributed by atoms with van der Waals surface area (Å²) >= 11 is 0. The number of rotatable bonds is 5. The Morgan fingerprint density at radius 3 is 2.41 bits per heavy atom. The van der Waals surface area contributed by atoms with Crippen LogP contribution in [0.2, 0.25) is 0 Å². The van der Waals surface area contributed by atoms with Gasteiger partial charge in [0.2, 0.25) is 0 Å². The van der Waals surface area contributed by atoms with E-state index in [-0.39, 0.29) is 16.9 Å². The van der Waals surface area contributed by atoms with E-state index in [1.165, 1.54) is 11.6 Å². The molecule has 0 unspecified atom stereocenters. The highest BCUT2D eigenvalue weighted by molar-refractivity contribution is 6.12. The summed E-state index contributed by atoms with van der Waals surface area (Å²) in [6.45, 7) is 2.56. The van der Waals surface area contributed by atoms with Gasteiger partial charge < -0.3 is 10.4 Å². The summed E-state index contributed by atoms with van der Waals surface area (Å²) in [7, 11) is 0. The van der Waals surface area contributed by atoms with Crippen molar-refractivity contribution in [1.82, 2.24) is 9.78 Å². The first kappa shape index (κ1) is 18.4. The number of carboxylic acids is 1. The number of hydrogen-bond donors (Lipinski definition) is 2. The van der Waals surface area contributed by atoms with Crippen molar-refractivity contribution in [3.8, 4) is 0 Å². The van der Waals surface area contributed by atoms with Crippen LogP contribution >= 0.6 is 0 Å².